The lowest BCUT2D eigenvalue weighted by Crippen LogP contribution is -2.45. The molecule has 2 atom stereocenters. The van der Waals surface area contributed by atoms with E-state index in [1.807, 2.05) is 53.8 Å². The maximum Gasteiger partial charge on any atom is 0.251 e. The van der Waals surface area contributed by atoms with Gasteiger partial charge in [-0.25, -0.2) is 17.6 Å². The number of alkyl halides is 2. The largest absolute Gasteiger partial charge is 0.357 e. The van der Waals surface area contributed by atoms with Crippen molar-refractivity contribution in [2.24, 2.45) is 0 Å². The highest BCUT2D eigenvalue weighted by molar-refractivity contribution is 14.1. The van der Waals surface area contributed by atoms with E-state index in [1.165, 1.54) is 17.0 Å². The van der Waals surface area contributed by atoms with Crippen molar-refractivity contribution in [1.29, 1.82) is 0 Å². The quantitative estimate of drug-likeness (QED) is 0.373. The van der Waals surface area contributed by atoms with E-state index < -0.39 is 30.6 Å². The van der Waals surface area contributed by atoms with E-state index in [2.05, 4.69) is 4.98 Å². The Morgan fingerprint density at radius 1 is 1.19 bits per heavy atom. The summed E-state index contributed by atoms with van der Waals surface area (Å²) in [5.41, 5.74) is 2.18. The van der Waals surface area contributed by atoms with Gasteiger partial charge in [0.25, 0.3) is 6.43 Å². The van der Waals surface area contributed by atoms with Crippen LogP contribution in [0.2, 0.25) is 0 Å². The molecule has 0 radical (unpaired) electrons. The Hall–Kier alpha value is -1.61. The molecule has 0 spiro atoms. The van der Waals surface area contributed by atoms with Gasteiger partial charge in [-0.05, 0) is 59.7 Å². The molecule has 2 nitrogen and oxygen atoms in total. The second-order valence-electron chi connectivity index (χ2n) is 6.89. The molecule has 27 heavy (non-hydrogen) atoms. The zero-order chi connectivity index (χ0) is 19.3. The van der Waals surface area contributed by atoms with Gasteiger partial charge < -0.3 is 4.98 Å². The molecule has 1 aromatic heterocycles. The third kappa shape index (κ3) is 3.24. The summed E-state index contributed by atoms with van der Waals surface area (Å²) in [7, 11) is 0. The molecule has 4 rings (SSSR count). The van der Waals surface area contributed by atoms with Crippen LogP contribution in [0.25, 0.3) is 10.9 Å². The first kappa shape index (κ1) is 18.7. The Morgan fingerprint density at radius 3 is 2.52 bits per heavy atom. The van der Waals surface area contributed by atoms with Gasteiger partial charge >= 0.3 is 0 Å². The molecule has 1 aliphatic rings. The Balaban J connectivity index is 1.98. The molecule has 2 heterocycles. The monoisotopic (exact) mass is 488 g/mol. The molecule has 0 saturated carbocycles. The number of rotatable bonds is 3. The molecule has 0 amide bonds. The van der Waals surface area contributed by atoms with E-state index in [4.69, 9.17) is 0 Å². The number of fused-ring (bicyclic) bond motifs is 3. The minimum Gasteiger partial charge on any atom is -0.357 e. The lowest BCUT2D eigenvalue weighted by atomic mass is 9.88. The number of hydrogen-bond donors (Lipinski definition) is 1. The van der Waals surface area contributed by atoms with Gasteiger partial charge in [0.1, 0.15) is 11.6 Å². The molecule has 0 saturated heterocycles. The number of nitrogens with zero attached hydrogens (tertiary/aromatic N) is 1. The standard InChI is InChI=1S/C20H17F4IN2/c1-10-6-13-12-4-2-3-5-16(12)26-19(13)20(27(10)9-17(23)24)18-14(21)7-11(25)8-15(18)22/h2-5,7-8,10,17,20,26H,6,9H2,1H3/t10-,20-/m1/s1. The summed E-state index contributed by atoms with van der Waals surface area (Å²) in [6.07, 6.45) is -2.06. The molecule has 0 fully saturated rings. The first-order valence-electron chi connectivity index (χ1n) is 8.64. The average Bonchev–Trinajstić information content (AvgIpc) is 2.94. The van der Waals surface area contributed by atoms with Gasteiger partial charge in [0.15, 0.2) is 0 Å². The fraction of sp³-hybridized carbons (Fsp3) is 0.300. The normalized spacial score (nSPS) is 20.4. The summed E-state index contributed by atoms with van der Waals surface area (Å²) in [5, 5.41) is 0.965. The van der Waals surface area contributed by atoms with Crippen molar-refractivity contribution in [1.82, 2.24) is 9.88 Å². The fourth-order valence-electron chi connectivity index (χ4n) is 4.08. The highest BCUT2D eigenvalue weighted by Gasteiger charge is 2.39. The number of aromatic nitrogens is 1. The van der Waals surface area contributed by atoms with Gasteiger partial charge in [-0.2, -0.15) is 0 Å². The third-order valence-corrected chi connectivity index (χ3v) is 5.81. The summed E-state index contributed by atoms with van der Waals surface area (Å²) < 4.78 is 56.6. The molecule has 0 aliphatic carbocycles. The van der Waals surface area contributed by atoms with Gasteiger partial charge in [-0.1, -0.05) is 18.2 Å². The predicted octanol–water partition coefficient (Wildman–Crippen LogP) is 5.65. The summed E-state index contributed by atoms with van der Waals surface area (Å²) in [6, 6.07) is 8.85. The Kier molecular flexibility index (Phi) is 4.92. The molecule has 1 N–H and O–H groups in total. The SMILES string of the molecule is C[C@@H]1Cc2c([nH]c3ccccc23)[C@@H](c2c(F)cc(I)cc2F)N1CC(F)F. The molecular formula is C20H17F4IN2. The van der Waals surface area contributed by atoms with Crippen LogP contribution in [0.4, 0.5) is 17.6 Å². The van der Waals surface area contributed by atoms with Gasteiger partial charge in [0, 0.05) is 31.8 Å². The van der Waals surface area contributed by atoms with Crippen LogP contribution in [0.1, 0.15) is 29.8 Å². The summed E-state index contributed by atoms with van der Waals surface area (Å²) in [4.78, 5) is 4.73. The fourth-order valence-corrected chi connectivity index (χ4v) is 4.62. The lowest BCUT2D eigenvalue weighted by Gasteiger charge is -2.40. The summed E-state index contributed by atoms with van der Waals surface area (Å²) in [6.45, 7) is 1.27. The number of para-hydroxylation sites is 1. The lowest BCUT2D eigenvalue weighted by molar-refractivity contribution is 0.0437. The van der Waals surface area contributed by atoms with Crippen LogP contribution >= 0.6 is 22.6 Å². The number of benzene rings is 2. The second kappa shape index (κ2) is 7.09. The van der Waals surface area contributed by atoms with Crippen LogP contribution in [0.15, 0.2) is 36.4 Å². The topological polar surface area (TPSA) is 19.0 Å². The number of nitrogens with one attached hydrogen (secondary N) is 1. The van der Waals surface area contributed by atoms with E-state index in [0.29, 0.717) is 15.7 Å². The maximum atomic E-state index is 14.8. The third-order valence-electron chi connectivity index (χ3n) is 5.18. The number of hydrogen-bond acceptors (Lipinski definition) is 1. The van der Waals surface area contributed by atoms with Gasteiger partial charge in [-0.3, -0.25) is 4.90 Å². The summed E-state index contributed by atoms with van der Waals surface area (Å²) in [5.74, 6) is -1.44. The van der Waals surface area contributed by atoms with Crippen LogP contribution in [-0.4, -0.2) is 28.9 Å². The molecule has 142 valence electrons. The van der Waals surface area contributed by atoms with E-state index >= 15 is 0 Å². The van der Waals surface area contributed by atoms with Crippen molar-refractivity contribution < 1.29 is 17.6 Å². The molecule has 1 aliphatic heterocycles. The number of aromatic amines is 1. The van der Waals surface area contributed by atoms with Crippen LogP contribution in [0, 0.1) is 15.2 Å². The van der Waals surface area contributed by atoms with Crippen LogP contribution in [-0.2, 0) is 6.42 Å². The average molecular weight is 488 g/mol. The van der Waals surface area contributed by atoms with Crippen molar-refractivity contribution in [2.45, 2.75) is 31.9 Å². The van der Waals surface area contributed by atoms with E-state index in [1.54, 1.807) is 0 Å². The molecule has 7 heteroatoms. The van der Waals surface area contributed by atoms with E-state index in [-0.39, 0.29) is 11.6 Å². The van der Waals surface area contributed by atoms with Crippen molar-refractivity contribution in [3.05, 3.63) is 68.4 Å². The highest BCUT2D eigenvalue weighted by atomic mass is 127. The van der Waals surface area contributed by atoms with E-state index in [0.717, 1.165) is 16.5 Å². The minimum atomic E-state index is -2.60. The number of H-pyrrole nitrogens is 1. The molecule has 2 aromatic carbocycles. The van der Waals surface area contributed by atoms with Crippen LogP contribution in [0.3, 0.4) is 0 Å². The van der Waals surface area contributed by atoms with E-state index in [9.17, 15) is 17.6 Å². The maximum absolute atomic E-state index is 14.8. The highest BCUT2D eigenvalue weighted by Crippen LogP contribution is 2.42. The molecular weight excluding hydrogens is 471 g/mol. The van der Waals surface area contributed by atoms with Gasteiger partial charge in [-0.15, -0.1) is 0 Å². The minimum absolute atomic E-state index is 0.185. The number of halogens is 5. The van der Waals surface area contributed by atoms with Crippen molar-refractivity contribution in [3.63, 3.8) is 0 Å². The Morgan fingerprint density at radius 2 is 1.85 bits per heavy atom. The zero-order valence-corrected chi connectivity index (χ0v) is 16.6. The zero-order valence-electron chi connectivity index (χ0n) is 14.4. The summed E-state index contributed by atoms with van der Waals surface area (Å²) >= 11 is 1.84. The Bertz CT molecular complexity index is 978. The van der Waals surface area contributed by atoms with Crippen molar-refractivity contribution >= 4 is 33.5 Å². The van der Waals surface area contributed by atoms with Gasteiger partial charge in [0.2, 0.25) is 0 Å². The molecule has 0 bridgehead atoms. The first-order valence-corrected chi connectivity index (χ1v) is 9.72. The first-order chi connectivity index (χ1) is 12.9. The van der Waals surface area contributed by atoms with Gasteiger partial charge in [0.05, 0.1) is 12.6 Å². The van der Waals surface area contributed by atoms with Crippen molar-refractivity contribution in [2.75, 3.05) is 6.54 Å². The Labute approximate surface area is 167 Å². The smallest absolute Gasteiger partial charge is 0.251 e. The molecule has 3 aromatic rings. The second-order valence-corrected chi connectivity index (χ2v) is 8.14. The van der Waals surface area contributed by atoms with Crippen molar-refractivity contribution in [3.8, 4) is 0 Å². The molecule has 0 unspecified atom stereocenters. The van der Waals surface area contributed by atoms with Crippen LogP contribution in [0.5, 0.6) is 0 Å². The van der Waals surface area contributed by atoms with Crippen LogP contribution < -0.4 is 0 Å². The predicted molar refractivity (Wildman–Crippen MR) is 105 cm³/mol.